The zero-order valence-corrected chi connectivity index (χ0v) is 17.8. The molecule has 0 radical (unpaired) electrons. The van der Waals surface area contributed by atoms with Crippen LogP contribution in [0.5, 0.6) is 0 Å². The van der Waals surface area contributed by atoms with E-state index < -0.39 is 33.5 Å². The Kier molecular flexibility index (Phi) is 4.98. The maximum Gasteiger partial charge on any atom is 0.339 e. The van der Waals surface area contributed by atoms with Crippen molar-refractivity contribution in [3.8, 4) is 0 Å². The number of nitrogens with one attached hydrogen (secondary N) is 1. The molecule has 0 saturated carbocycles. The van der Waals surface area contributed by atoms with Crippen molar-refractivity contribution in [3.63, 3.8) is 0 Å². The number of carbonyl (C=O) groups is 1. The lowest BCUT2D eigenvalue weighted by Crippen LogP contribution is -2.42. The zero-order chi connectivity index (χ0) is 21.8. The zero-order valence-electron chi connectivity index (χ0n) is 16.9. The van der Waals surface area contributed by atoms with Crippen molar-refractivity contribution in [2.45, 2.75) is 45.8 Å². The molecular weight excluding hydrogens is 410 g/mol. The van der Waals surface area contributed by atoms with E-state index in [9.17, 15) is 23.1 Å². The van der Waals surface area contributed by atoms with E-state index >= 15 is 0 Å². The van der Waals surface area contributed by atoms with Crippen LogP contribution in [-0.2, 0) is 21.1 Å². The summed E-state index contributed by atoms with van der Waals surface area (Å²) >= 11 is 0. The average molecular weight is 433 g/mol. The molecule has 0 bridgehead atoms. The highest BCUT2D eigenvalue weighted by atomic mass is 32.2. The molecule has 30 heavy (non-hydrogen) atoms. The molecule has 3 aromatic rings. The Morgan fingerprint density at radius 1 is 1.10 bits per heavy atom. The van der Waals surface area contributed by atoms with Gasteiger partial charge in [0.05, 0.1) is 23.7 Å². The van der Waals surface area contributed by atoms with Gasteiger partial charge in [-0.2, -0.15) is 0 Å². The summed E-state index contributed by atoms with van der Waals surface area (Å²) in [5.74, 6) is -0.261. The van der Waals surface area contributed by atoms with Crippen LogP contribution < -0.4 is 10.9 Å². The number of sulfone groups is 1. The van der Waals surface area contributed by atoms with Gasteiger partial charge in [-0.15, -0.1) is 0 Å². The molecule has 9 heteroatoms. The van der Waals surface area contributed by atoms with E-state index in [2.05, 4.69) is 5.32 Å². The fourth-order valence-corrected chi connectivity index (χ4v) is 5.74. The van der Waals surface area contributed by atoms with Crippen molar-refractivity contribution in [3.05, 3.63) is 45.0 Å². The topological polar surface area (TPSA) is 127 Å². The van der Waals surface area contributed by atoms with Gasteiger partial charge in [0.2, 0.25) is 5.91 Å². The third-order valence-electron chi connectivity index (χ3n) is 5.85. The number of furan rings is 1. The Balaban J connectivity index is 1.58. The van der Waals surface area contributed by atoms with E-state index in [-0.39, 0.29) is 24.3 Å². The number of amides is 1. The van der Waals surface area contributed by atoms with Gasteiger partial charge in [0.15, 0.2) is 9.84 Å². The first-order chi connectivity index (χ1) is 14.1. The summed E-state index contributed by atoms with van der Waals surface area (Å²) in [7, 11) is -3.35. The van der Waals surface area contributed by atoms with Crippen molar-refractivity contribution in [1.82, 2.24) is 5.32 Å². The molecule has 1 aliphatic heterocycles. The van der Waals surface area contributed by atoms with E-state index in [1.165, 1.54) is 0 Å². The van der Waals surface area contributed by atoms with Crippen molar-refractivity contribution in [2.75, 3.05) is 11.5 Å². The van der Waals surface area contributed by atoms with Crippen LogP contribution in [0.2, 0.25) is 0 Å². The summed E-state index contributed by atoms with van der Waals surface area (Å²) in [6, 6.07) is 2.81. The van der Waals surface area contributed by atoms with Crippen LogP contribution in [-0.4, -0.2) is 43.1 Å². The number of hydrogen-bond acceptors (Lipinski definition) is 7. The molecule has 1 fully saturated rings. The standard InChI is InChI=1S/C21H23NO7S/c1-10-12(3)28-18-7-19-15(6-14(10)18)11(2)13(21(25)29-19)4-5-20(24)22-16-8-30(26,27)9-17(16)23/h6-7,16-17,23H,4-5,8-9H2,1-3H3,(H,22,24)/t16-,17-/m1/s1. The van der Waals surface area contributed by atoms with Gasteiger partial charge in [0.1, 0.15) is 16.9 Å². The van der Waals surface area contributed by atoms with Gasteiger partial charge in [0.25, 0.3) is 0 Å². The number of benzene rings is 1. The van der Waals surface area contributed by atoms with E-state index in [1.54, 1.807) is 6.07 Å². The Labute approximate surface area is 172 Å². The maximum absolute atomic E-state index is 12.5. The second kappa shape index (κ2) is 7.24. The number of hydrogen-bond donors (Lipinski definition) is 2. The number of fused-ring (bicyclic) bond motifs is 2. The highest BCUT2D eigenvalue weighted by molar-refractivity contribution is 7.91. The summed E-state index contributed by atoms with van der Waals surface area (Å²) in [6.07, 6.45) is -0.991. The largest absolute Gasteiger partial charge is 0.461 e. The maximum atomic E-state index is 12.5. The minimum Gasteiger partial charge on any atom is -0.461 e. The summed E-state index contributed by atoms with van der Waals surface area (Å²) in [4.78, 5) is 24.8. The summed E-state index contributed by atoms with van der Waals surface area (Å²) in [5.41, 5.74) is 2.70. The van der Waals surface area contributed by atoms with Crippen LogP contribution in [0.3, 0.4) is 0 Å². The lowest BCUT2D eigenvalue weighted by Gasteiger charge is -2.15. The predicted octanol–water partition coefficient (Wildman–Crippen LogP) is 1.67. The van der Waals surface area contributed by atoms with Crippen molar-refractivity contribution >= 4 is 37.7 Å². The Morgan fingerprint density at radius 3 is 2.43 bits per heavy atom. The molecular formula is C21H23NO7S. The first-order valence-electron chi connectivity index (χ1n) is 9.69. The van der Waals surface area contributed by atoms with Gasteiger partial charge in [-0.3, -0.25) is 4.79 Å². The molecule has 8 nitrogen and oxygen atoms in total. The van der Waals surface area contributed by atoms with Gasteiger partial charge in [-0.1, -0.05) is 0 Å². The molecule has 1 aromatic carbocycles. The van der Waals surface area contributed by atoms with Crippen LogP contribution in [0.15, 0.2) is 25.8 Å². The summed E-state index contributed by atoms with van der Waals surface area (Å²) in [5, 5.41) is 14.1. The number of aliphatic hydroxyl groups excluding tert-OH is 1. The van der Waals surface area contributed by atoms with E-state index in [1.807, 2.05) is 26.8 Å². The molecule has 3 heterocycles. The van der Waals surface area contributed by atoms with Crippen molar-refractivity contribution < 1.29 is 27.2 Å². The van der Waals surface area contributed by atoms with Crippen LogP contribution in [0.4, 0.5) is 0 Å². The van der Waals surface area contributed by atoms with E-state index in [0.717, 1.165) is 27.7 Å². The SMILES string of the molecule is Cc1oc2cc3oc(=O)c(CCC(=O)N[C@@H]4CS(=O)(=O)C[C@H]4O)c(C)c3cc2c1C. The van der Waals surface area contributed by atoms with Gasteiger partial charge in [-0.05, 0) is 44.4 Å². The van der Waals surface area contributed by atoms with E-state index in [4.69, 9.17) is 8.83 Å². The second-order valence-electron chi connectivity index (χ2n) is 7.94. The monoisotopic (exact) mass is 433 g/mol. The lowest BCUT2D eigenvalue weighted by molar-refractivity contribution is -0.122. The molecule has 1 saturated heterocycles. The average Bonchev–Trinajstić information content (AvgIpc) is 3.07. The lowest BCUT2D eigenvalue weighted by atomic mass is 10.00. The molecule has 2 aromatic heterocycles. The van der Waals surface area contributed by atoms with Crippen molar-refractivity contribution in [1.29, 1.82) is 0 Å². The van der Waals surface area contributed by atoms with Crippen LogP contribution in [0, 0.1) is 20.8 Å². The van der Waals surface area contributed by atoms with Gasteiger partial charge in [-0.25, -0.2) is 13.2 Å². The second-order valence-corrected chi connectivity index (χ2v) is 10.1. The normalized spacial score (nSPS) is 20.8. The highest BCUT2D eigenvalue weighted by Crippen LogP contribution is 2.31. The molecule has 1 aliphatic rings. The fourth-order valence-electron chi connectivity index (χ4n) is 4.00. The number of rotatable bonds is 4. The molecule has 2 N–H and O–H groups in total. The van der Waals surface area contributed by atoms with Crippen LogP contribution in [0.25, 0.3) is 21.9 Å². The van der Waals surface area contributed by atoms with Gasteiger partial charge < -0.3 is 19.3 Å². The molecule has 0 spiro atoms. The number of aryl methyl sites for hydroxylation is 3. The third-order valence-corrected chi connectivity index (χ3v) is 7.57. The fraction of sp³-hybridized carbons (Fsp3) is 0.429. The summed E-state index contributed by atoms with van der Waals surface area (Å²) < 4.78 is 34.3. The first-order valence-corrected chi connectivity index (χ1v) is 11.5. The predicted molar refractivity (Wildman–Crippen MR) is 111 cm³/mol. The molecule has 0 aliphatic carbocycles. The Bertz CT molecular complexity index is 1330. The van der Waals surface area contributed by atoms with Crippen molar-refractivity contribution in [2.24, 2.45) is 0 Å². The van der Waals surface area contributed by atoms with Crippen LogP contribution >= 0.6 is 0 Å². The quantitative estimate of drug-likeness (QED) is 0.599. The first kappa shape index (κ1) is 20.6. The third kappa shape index (κ3) is 3.63. The smallest absolute Gasteiger partial charge is 0.339 e. The van der Waals surface area contributed by atoms with E-state index in [0.29, 0.717) is 16.7 Å². The molecule has 2 atom stereocenters. The number of aliphatic hydroxyl groups is 1. The molecule has 0 unspecified atom stereocenters. The highest BCUT2D eigenvalue weighted by Gasteiger charge is 2.37. The van der Waals surface area contributed by atoms with Gasteiger partial charge in [0, 0.05) is 28.8 Å². The minimum absolute atomic E-state index is 0.0214. The van der Waals surface area contributed by atoms with Crippen LogP contribution in [0.1, 0.15) is 28.9 Å². The minimum atomic E-state index is -3.35. The summed E-state index contributed by atoms with van der Waals surface area (Å²) in [6.45, 7) is 5.65. The molecule has 4 rings (SSSR count). The molecule has 1 amide bonds. The molecule has 160 valence electrons. The Morgan fingerprint density at radius 2 is 1.77 bits per heavy atom. The Hall–Kier alpha value is -2.65. The number of carbonyl (C=O) groups excluding carboxylic acids is 1. The van der Waals surface area contributed by atoms with Gasteiger partial charge >= 0.3 is 5.63 Å².